The normalized spacial score (nSPS) is 9.65. The fraction of sp³-hybridized carbons (Fsp3) is 0.188. The van der Waals surface area contributed by atoms with Crippen LogP contribution in [0.1, 0.15) is 11.1 Å². The highest BCUT2D eigenvalue weighted by Gasteiger charge is 2.10. The Kier molecular flexibility index (Phi) is 4.46. The summed E-state index contributed by atoms with van der Waals surface area (Å²) in [5.74, 6) is 2.05. The maximum atomic E-state index is 8.87. The van der Waals surface area contributed by atoms with Crippen molar-refractivity contribution in [1.29, 1.82) is 5.26 Å². The number of nitrogens with zero attached hydrogens (tertiary/aromatic N) is 1. The number of rotatable bonds is 5. The van der Waals surface area contributed by atoms with Gasteiger partial charge in [0.15, 0.2) is 0 Å². The Balaban J connectivity index is 2.20. The summed E-state index contributed by atoms with van der Waals surface area (Å²) < 4.78 is 16.3. The molecular formula is C16H15NO3. The molecule has 0 unspecified atom stereocenters. The summed E-state index contributed by atoms with van der Waals surface area (Å²) in [5.41, 5.74) is 1.40. The topological polar surface area (TPSA) is 51.5 Å². The molecule has 0 atom stereocenters. The molecule has 4 heteroatoms. The van der Waals surface area contributed by atoms with Crippen LogP contribution in [0.15, 0.2) is 42.5 Å². The van der Waals surface area contributed by atoms with E-state index in [2.05, 4.69) is 6.07 Å². The molecule has 2 aromatic carbocycles. The van der Waals surface area contributed by atoms with Crippen molar-refractivity contribution >= 4 is 0 Å². The molecule has 0 aliphatic rings. The second kappa shape index (κ2) is 6.48. The lowest BCUT2D eigenvalue weighted by Crippen LogP contribution is -2.01. The van der Waals surface area contributed by atoms with E-state index in [4.69, 9.17) is 19.5 Å². The van der Waals surface area contributed by atoms with E-state index < -0.39 is 0 Å². The van der Waals surface area contributed by atoms with Crippen LogP contribution >= 0.6 is 0 Å². The van der Waals surface area contributed by atoms with Gasteiger partial charge >= 0.3 is 0 Å². The summed E-state index contributed by atoms with van der Waals surface area (Å²) in [5, 5.41) is 8.87. The molecule has 0 fully saturated rings. The minimum absolute atomic E-state index is 0.308. The maximum Gasteiger partial charge on any atom is 0.129 e. The Labute approximate surface area is 118 Å². The van der Waals surface area contributed by atoms with E-state index >= 15 is 0 Å². The van der Waals surface area contributed by atoms with E-state index in [1.165, 1.54) is 0 Å². The Morgan fingerprint density at radius 3 is 2.25 bits per heavy atom. The lowest BCUT2D eigenvalue weighted by molar-refractivity contribution is 0.286. The third kappa shape index (κ3) is 3.01. The zero-order valence-corrected chi connectivity index (χ0v) is 11.4. The fourth-order valence-electron chi connectivity index (χ4n) is 1.88. The summed E-state index contributed by atoms with van der Waals surface area (Å²) >= 11 is 0. The van der Waals surface area contributed by atoms with E-state index in [9.17, 15) is 0 Å². The molecule has 0 aliphatic carbocycles. The molecule has 102 valence electrons. The van der Waals surface area contributed by atoms with Gasteiger partial charge in [-0.25, -0.2) is 0 Å². The van der Waals surface area contributed by atoms with Gasteiger partial charge in [0.25, 0.3) is 0 Å². The predicted octanol–water partition coefficient (Wildman–Crippen LogP) is 3.15. The van der Waals surface area contributed by atoms with Gasteiger partial charge < -0.3 is 14.2 Å². The molecule has 20 heavy (non-hydrogen) atoms. The third-order valence-corrected chi connectivity index (χ3v) is 2.88. The van der Waals surface area contributed by atoms with E-state index in [1.54, 1.807) is 32.4 Å². The van der Waals surface area contributed by atoms with Crippen LogP contribution in [0.2, 0.25) is 0 Å². The molecule has 0 bridgehead atoms. The highest BCUT2D eigenvalue weighted by Crippen LogP contribution is 2.29. The molecule has 0 heterocycles. The smallest absolute Gasteiger partial charge is 0.129 e. The van der Waals surface area contributed by atoms with Crippen molar-refractivity contribution in [2.75, 3.05) is 14.2 Å². The summed E-state index contributed by atoms with van der Waals surface area (Å²) in [6, 6.07) is 14.7. The summed E-state index contributed by atoms with van der Waals surface area (Å²) in [6.45, 7) is 0.308. The number of benzene rings is 2. The van der Waals surface area contributed by atoms with Crippen LogP contribution in [0.3, 0.4) is 0 Å². The Hall–Kier alpha value is -2.67. The number of hydrogen-bond acceptors (Lipinski definition) is 4. The molecule has 2 aromatic rings. The molecule has 0 aliphatic heterocycles. The van der Waals surface area contributed by atoms with E-state index in [-0.39, 0.29) is 0 Å². The first-order valence-electron chi connectivity index (χ1n) is 6.11. The fourth-order valence-corrected chi connectivity index (χ4v) is 1.88. The quantitative estimate of drug-likeness (QED) is 0.836. The van der Waals surface area contributed by atoms with Gasteiger partial charge in [-0.1, -0.05) is 12.1 Å². The van der Waals surface area contributed by atoms with Gasteiger partial charge in [0, 0.05) is 0 Å². The molecule has 0 radical (unpaired) electrons. The minimum atomic E-state index is 0.308. The van der Waals surface area contributed by atoms with Crippen molar-refractivity contribution in [3.8, 4) is 23.3 Å². The van der Waals surface area contributed by atoms with Crippen molar-refractivity contribution in [2.45, 2.75) is 6.61 Å². The van der Waals surface area contributed by atoms with Crippen LogP contribution < -0.4 is 14.2 Å². The lowest BCUT2D eigenvalue weighted by Gasteiger charge is -2.13. The van der Waals surface area contributed by atoms with Gasteiger partial charge in [-0.3, -0.25) is 0 Å². The first-order valence-corrected chi connectivity index (χ1v) is 6.11. The zero-order chi connectivity index (χ0) is 14.4. The molecule has 0 N–H and O–H groups in total. The van der Waals surface area contributed by atoms with Crippen molar-refractivity contribution < 1.29 is 14.2 Å². The van der Waals surface area contributed by atoms with E-state index in [0.717, 1.165) is 5.56 Å². The molecule has 2 rings (SSSR count). The number of hydrogen-bond donors (Lipinski definition) is 0. The van der Waals surface area contributed by atoms with Crippen LogP contribution in [0.5, 0.6) is 17.2 Å². The zero-order valence-electron chi connectivity index (χ0n) is 11.4. The van der Waals surface area contributed by atoms with Crippen molar-refractivity contribution in [1.82, 2.24) is 0 Å². The van der Waals surface area contributed by atoms with E-state index in [1.807, 2.05) is 24.3 Å². The lowest BCUT2D eigenvalue weighted by atomic mass is 10.2. The second-order valence-corrected chi connectivity index (χ2v) is 4.07. The average molecular weight is 269 g/mol. The first-order chi connectivity index (χ1) is 9.78. The van der Waals surface area contributed by atoms with Gasteiger partial charge in [-0.05, 0) is 30.3 Å². The predicted molar refractivity (Wildman–Crippen MR) is 75.0 cm³/mol. The van der Waals surface area contributed by atoms with E-state index in [0.29, 0.717) is 29.4 Å². The number of ether oxygens (including phenoxy) is 3. The highest BCUT2D eigenvalue weighted by molar-refractivity contribution is 5.45. The average Bonchev–Trinajstić information content (AvgIpc) is 2.52. The molecule has 0 spiro atoms. The monoisotopic (exact) mass is 269 g/mol. The van der Waals surface area contributed by atoms with Gasteiger partial charge in [-0.2, -0.15) is 5.26 Å². The summed E-state index contributed by atoms with van der Waals surface area (Å²) in [7, 11) is 3.21. The molecule has 4 nitrogen and oxygen atoms in total. The molecular weight excluding hydrogens is 254 g/mol. The van der Waals surface area contributed by atoms with Crippen LogP contribution in [-0.4, -0.2) is 14.2 Å². The summed E-state index contributed by atoms with van der Waals surface area (Å²) in [4.78, 5) is 0. The second-order valence-electron chi connectivity index (χ2n) is 4.07. The molecule has 0 aromatic heterocycles. The van der Waals surface area contributed by atoms with Crippen LogP contribution in [0.25, 0.3) is 0 Å². The number of methoxy groups -OCH3 is 2. The third-order valence-electron chi connectivity index (χ3n) is 2.88. The number of nitriles is 1. The van der Waals surface area contributed by atoms with Crippen LogP contribution in [0, 0.1) is 11.3 Å². The molecule has 0 amide bonds. The van der Waals surface area contributed by atoms with Gasteiger partial charge in [-0.15, -0.1) is 0 Å². The SMILES string of the molecule is COc1cccc(OC)c1COc1cccc(C#N)c1. The van der Waals surface area contributed by atoms with Crippen LogP contribution in [-0.2, 0) is 6.61 Å². The largest absolute Gasteiger partial charge is 0.496 e. The Morgan fingerprint density at radius 2 is 1.65 bits per heavy atom. The molecule has 0 saturated heterocycles. The van der Waals surface area contributed by atoms with Crippen molar-refractivity contribution in [2.24, 2.45) is 0 Å². The van der Waals surface area contributed by atoms with Gasteiger partial charge in [0.05, 0.1) is 31.4 Å². The van der Waals surface area contributed by atoms with Crippen LogP contribution in [0.4, 0.5) is 0 Å². The van der Waals surface area contributed by atoms with Crippen molar-refractivity contribution in [3.63, 3.8) is 0 Å². The standard InChI is InChI=1S/C16H15NO3/c1-18-15-7-4-8-16(19-2)14(15)11-20-13-6-3-5-12(9-13)10-17/h3-9H,11H2,1-2H3. The first kappa shape index (κ1) is 13.8. The summed E-state index contributed by atoms with van der Waals surface area (Å²) in [6.07, 6.45) is 0. The maximum absolute atomic E-state index is 8.87. The Bertz CT molecular complexity index is 610. The van der Waals surface area contributed by atoms with Gasteiger partial charge in [0.2, 0.25) is 0 Å². The molecule has 0 saturated carbocycles. The highest BCUT2D eigenvalue weighted by atomic mass is 16.5. The van der Waals surface area contributed by atoms with Crippen molar-refractivity contribution in [3.05, 3.63) is 53.6 Å². The minimum Gasteiger partial charge on any atom is -0.496 e. The Morgan fingerprint density at radius 1 is 1.00 bits per heavy atom. The van der Waals surface area contributed by atoms with Gasteiger partial charge in [0.1, 0.15) is 23.9 Å².